The Morgan fingerprint density at radius 2 is 1.62 bits per heavy atom. The summed E-state index contributed by atoms with van der Waals surface area (Å²) in [6.45, 7) is 1.64. The van der Waals surface area contributed by atoms with Gasteiger partial charge in [-0.3, -0.25) is 9.59 Å². The number of methoxy groups -OCH3 is 2. The molecule has 154 valence electrons. The Balaban J connectivity index is 1.88. The maximum Gasteiger partial charge on any atom is 0.244 e. The highest BCUT2D eigenvalue weighted by Crippen LogP contribution is 2.27. The van der Waals surface area contributed by atoms with E-state index >= 15 is 0 Å². The van der Waals surface area contributed by atoms with Gasteiger partial charge < -0.3 is 14.8 Å². The van der Waals surface area contributed by atoms with Crippen LogP contribution in [0.3, 0.4) is 0 Å². The van der Waals surface area contributed by atoms with E-state index in [1.807, 2.05) is 0 Å². The van der Waals surface area contributed by atoms with Crippen LogP contribution in [0.25, 0.3) is 0 Å². The maximum absolute atomic E-state index is 12.1. The van der Waals surface area contributed by atoms with Gasteiger partial charge in [-0.1, -0.05) is 29.3 Å². The van der Waals surface area contributed by atoms with Gasteiger partial charge in [-0.2, -0.15) is 5.10 Å². The summed E-state index contributed by atoms with van der Waals surface area (Å²) in [7, 11) is 3.07. The van der Waals surface area contributed by atoms with Crippen molar-refractivity contribution in [2.45, 2.75) is 19.8 Å². The average Bonchev–Trinajstić information content (AvgIpc) is 2.65. The van der Waals surface area contributed by atoms with Gasteiger partial charge in [0.15, 0.2) is 11.5 Å². The van der Waals surface area contributed by atoms with Gasteiger partial charge in [0, 0.05) is 21.4 Å². The molecule has 0 aliphatic heterocycles. The lowest BCUT2D eigenvalue weighted by atomic mass is 10.1. The van der Waals surface area contributed by atoms with E-state index in [-0.39, 0.29) is 24.7 Å². The number of hydrogen-bond donors (Lipinski definition) is 2. The Hall–Kier alpha value is -2.77. The third-order valence-electron chi connectivity index (χ3n) is 3.75. The van der Waals surface area contributed by atoms with Crippen molar-refractivity contribution >= 4 is 46.4 Å². The third-order valence-corrected chi connectivity index (χ3v) is 4.18. The molecule has 2 rings (SSSR count). The molecular weight excluding hydrogens is 417 g/mol. The van der Waals surface area contributed by atoms with Gasteiger partial charge in [-0.05, 0) is 42.8 Å². The molecule has 0 heterocycles. The molecule has 2 aromatic carbocycles. The zero-order chi connectivity index (χ0) is 21.4. The summed E-state index contributed by atoms with van der Waals surface area (Å²) in [5.41, 5.74) is 4.10. The fourth-order valence-corrected chi connectivity index (χ4v) is 3.00. The molecule has 0 bridgehead atoms. The smallest absolute Gasteiger partial charge is 0.244 e. The van der Waals surface area contributed by atoms with Gasteiger partial charge in [0.05, 0.1) is 27.1 Å². The molecule has 0 fully saturated rings. The molecule has 0 spiro atoms. The van der Waals surface area contributed by atoms with Crippen LogP contribution in [0.4, 0.5) is 5.69 Å². The normalized spacial score (nSPS) is 11.0. The first-order chi connectivity index (χ1) is 13.8. The molecule has 0 atom stereocenters. The fraction of sp³-hybridized carbons (Fsp3) is 0.250. The Kier molecular flexibility index (Phi) is 8.30. The summed E-state index contributed by atoms with van der Waals surface area (Å²) in [4.78, 5) is 24.2. The quantitative estimate of drug-likeness (QED) is 0.480. The summed E-state index contributed by atoms with van der Waals surface area (Å²) in [6, 6.07) is 9.95. The number of hydrazone groups is 1. The van der Waals surface area contributed by atoms with E-state index in [4.69, 9.17) is 32.7 Å². The van der Waals surface area contributed by atoms with Crippen LogP contribution in [0.2, 0.25) is 10.0 Å². The van der Waals surface area contributed by atoms with Gasteiger partial charge in [0.2, 0.25) is 11.8 Å². The third kappa shape index (κ3) is 7.29. The van der Waals surface area contributed by atoms with Crippen LogP contribution in [-0.2, 0) is 16.0 Å². The van der Waals surface area contributed by atoms with Crippen LogP contribution in [0, 0.1) is 0 Å². The minimum Gasteiger partial charge on any atom is -0.493 e. The van der Waals surface area contributed by atoms with Crippen molar-refractivity contribution < 1.29 is 19.1 Å². The van der Waals surface area contributed by atoms with E-state index in [9.17, 15) is 9.59 Å². The Morgan fingerprint density at radius 3 is 2.24 bits per heavy atom. The van der Waals surface area contributed by atoms with Crippen LogP contribution in [-0.4, -0.2) is 31.7 Å². The topological polar surface area (TPSA) is 89.0 Å². The summed E-state index contributed by atoms with van der Waals surface area (Å²) in [5.74, 6) is 0.491. The predicted molar refractivity (Wildman–Crippen MR) is 114 cm³/mol. The zero-order valence-corrected chi connectivity index (χ0v) is 17.7. The van der Waals surface area contributed by atoms with Crippen LogP contribution < -0.4 is 20.2 Å². The second-order valence-electron chi connectivity index (χ2n) is 6.13. The van der Waals surface area contributed by atoms with Crippen molar-refractivity contribution in [3.63, 3.8) is 0 Å². The monoisotopic (exact) mass is 437 g/mol. The number of carbonyl (C=O) groups excluding carboxylic acids is 2. The van der Waals surface area contributed by atoms with Crippen LogP contribution in [0.5, 0.6) is 11.5 Å². The maximum atomic E-state index is 12.1. The summed E-state index contributed by atoms with van der Waals surface area (Å²) < 4.78 is 10.4. The molecule has 7 nitrogen and oxygen atoms in total. The predicted octanol–water partition coefficient (Wildman–Crippen LogP) is 4.07. The lowest BCUT2D eigenvalue weighted by Gasteiger charge is -2.09. The zero-order valence-electron chi connectivity index (χ0n) is 16.2. The molecule has 29 heavy (non-hydrogen) atoms. The number of halogens is 2. The van der Waals surface area contributed by atoms with E-state index in [2.05, 4.69) is 15.8 Å². The van der Waals surface area contributed by atoms with Crippen LogP contribution in [0.15, 0.2) is 41.5 Å². The highest BCUT2D eigenvalue weighted by Gasteiger charge is 2.09. The van der Waals surface area contributed by atoms with Crippen molar-refractivity contribution in [1.82, 2.24) is 5.43 Å². The lowest BCUT2D eigenvalue weighted by Crippen LogP contribution is -2.23. The highest BCUT2D eigenvalue weighted by molar-refractivity contribution is 6.35. The number of amides is 2. The first-order valence-corrected chi connectivity index (χ1v) is 9.35. The number of nitrogens with one attached hydrogen (secondary N) is 2. The van der Waals surface area contributed by atoms with Crippen LogP contribution >= 0.6 is 23.2 Å². The molecule has 2 aromatic rings. The number of hydrogen-bond acceptors (Lipinski definition) is 5. The number of benzene rings is 2. The molecule has 0 saturated heterocycles. The van der Waals surface area contributed by atoms with Crippen molar-refractivity contribution in [2.75, 3.05) is 19.5 Å². The minimum absolute atomic E-state index is 0.000765. The Labute approximate surface area is 179 Å². The minimum atomic E-state index is -0.321. The SMILES string of the molecule is COc1ccc(CC(=O)N/N=C(\C)CC(=O)Nc2cc(Cl)cc(Cl)c2)cc1OC. The molecule has 0 saturated carbocycles. The van der Waals surface area contributed by atoms with Crippen molar-refractivity contribution in [2.24, 2.45) is 5.10 Å². The van der Waals surface area contributed by atoms with E-state index in [0.717, 1.165) is 5.56 Å². The van der Waals surface area contributed by atoms with Gasteiger partial charge in [-0.15, -0.1) is 0 Å². The Bertz CT molecular complexity index is 912. The number of rotatable bonds is 8. The van der Waals surface area contributed by atoms with E-state index in [1.165, 1.54) is 7.11 Å². The van der Waals surface area contributed by atoms with Crippen molar-refractivity contribution in [3.05, 3.63) is 52.0 Å². The molecule has 2 N–H and O–H groups in total. The number of ether oxygens (including phenoxy) is 2. The standard InChI is InChI=1S/C20H21Cl2N3O4/c1-12(6-19(26)23-16-10-14(21)9-15(22)11-16)24-25-20(27)8-13-4-5-17(28-2)18(7-13)29-3/h4-5,7,9-11H,6,8H2,1-3H3,(H,23,26)(H,25,27)/b24-12+. The number of nitrogens with zero attached hydrogens (tertiary/aromatic N) is 1. The summed E-state index contributed by atoms with van der Waals surface area (Å²) >= 11 is 11.8. The molecule has 2 amide bonds. The lowest BCUT2D eigenvalue weighted by molar-refractivity contribution is -0.120. The van der Waals surface area contributed by atoms with E-state index in [1.54, 1.807) is 50.4 Å². The number of carbonyl (C=O) groups is 2. The number of anilines is 1. The molecule has 9 heteroatoms. The molecule has 0 aliphatic rings. The molecular formula is C20H21Cl2N3O4. The second kappa shape index (κ2) is 10.7. The molecule has 0 unspecified atom stereocenters. The molecule has 0 aromatic heterocycles. The first kappa shape index (κ1) is 22.5. The van der Waals surface area contributed by atoms with Gasteiger partial charge >= 0.3 is 0 Å². The first-order valence-electron chi connectivity index (χ1n) is 8.59. The largest absolute Gasteiger partial charge is 0.493 e. The Morgan fingerprint density at radius 1 is 0.966 bits per heavy atom. The summed E-state index contributed by atoms with van der Waals surface area (Å²) in [5, 5.41) is 7.47. The molecule has 0 radical (unpaired) electrons. The highest BCUT2D eigenvalue weighted by atomic mass is 35.5. The summed E-state index contributed by atoms with van der Waals surface area (Å²) in [6.07, 6.45) is 0.102. The van der Waals surface area contributed by atoms with Crippen molar-refractivity contribution in [1.29, 1.82) is 0 Å². The van der Waals surface area contributed by atoms with Crippen molar-refractivity contribution in [3.8, 4) is 11.5 Å². The fourth-order valence-electron chi connectivity index (χ4n) is 2.48. The average molecular weight is 438 g/mol. The van der Waals surface area contributed by atoms with Gasteiger partial charge in [0.25, 0.3) is 0 Å². The van der Waals surface area contributed by atoms with E-state index in [0.29, 0.717) is 32.9 Å². The molecule has 0 aliphatic carbocycles. The van der Waals surface area contributed by atoms with Gasteiger partial charge in [-0.25, -0.2) is 5.43 Å². The van der Waals surface area contributed by atoms with Gasteiger partial charge in [0.1, 0.15) is 0 Å². The van der Waals surface area contributed by atoms with Crippen LogP contribution in [0.1, 0.15) is 18.9 Å². The van der Waals surface area contributed by atoms with E-state index < -0.39 is 0 Å². The second-order valence-corrected chi connectivity index (χ2v) is 7.00.